The van der Waals surface area contributed by atoms with Crippen molar-refractivity contribution in [3.63, 3.8) is 0 Å². The number of aryl methyl sites for hydroxylation is 2. The van der Waals surface area contributed by atoms with Crippen molar-refractivity contribution >= 4 is 23.4 Å². The molecule has 2 N–H and O–H groups in total. The Hall–Kier alpha value is -2.37. The maximum Gasteiger partial charge on any atom is 0.265 e. The van der Waals surface area contributed by atoms with Crippen LogP contribution < -0.4 is 10.6 Å². The standard InChI is InChI=1S/C19H25N3O3/c1-11-9-12(2)15-13(10-11)19(16(24)20-15,17(25)21-18(3,4)5)22-8-6-7-14(22)23/h9-10H,6-8H2,1-5H3,(H,20,24)(H,21,25). The molecule has 2 aliphatic heterocycles. The Labute approximate surface area is 148 Å². The third kappa shape index (κ3) is 2.60. The number of amides is 3. The molecule has 1 saturated heterocycles. The van der Waals surface area contributed by atoms with Crippen LogP contribution in [0.1, 0.15) is 50.3 Å². The summed E-state index contributed by atoms with van der Waals surface area (Å²) in [5.41, 5.74) is 0.904. The van der Waals surface area contributed by atoms with Gasteiger partial charge in [-0.3, -0.25) is 14.4 Å². The van der Waals surface area contributed by atoms with Crippen molar-refractivity contribution < 1.29 is 14.4 Å². The third-order valence-corrected chi connectivity index (χ3v) is 4.73. The number of hydrogen-bond acceptors (Lipinski definition) is 3. The molecule has 0 radical (unpaired) electrons. The zero-order chi connectivity index (χ0) is 18.6. The van der Waals surface area contributed by atoms with Gasteiger partial charge >= 0.3 is 0 Å². The highest BCUT2D eigenvalue weighted by Crippen LogP contribution is 2.45. The Morgan fingerprint density at radius 1 is 1.24 bits per heavy atom. The molecule has 0 bridgehead atoms. The zero-order valence-corrected chi connectivity index (χ0v) is 15.4. The van der Waals surface area contributed by atoms with E-state index in [4.69, 9.17) is 0 Å². The second-order valence-corrected chi connectivity index (χ2v) is 8.02. The molecule has 134 valence electrons. The Morgan fingerprint density at radius 2 is 1.92 bits per heavy atom. The third-order valence-electron chi connectivity index (χ3n) is 4.73. The summed E-state index contributed by atoms with van der Waals surface area (Å²) in [5, 5.41) is 5.77. The van der Waals surface area contributed by atoms with Crippen LogP contribution in [-0.4, -0.2) is 34.7 Å². The Balaban J connectivity index is 2.25. The molecule has 6 nitrogen and oxygen atoms in total. The van der Waals surface area contributed by atoms with Crippen LogP contribution in [0.2, 0.25) is 0 Å². The van der Waals surface area contributed by atoms with Gasteiger partial charge in [0.05, 0.1) is 5.69 Å². The van der Waals surface area contributed by atoms with Crippen molar-refractivity contribution in [3.05, 3.63) is 28.8 Å². The lowest BCUT2D eigenvalue weighted by molar-refractivity contribution is -0.152. The second-order valence-electron chi connectivity index (χ2n) is 8.02. The summed E-state index contributed by atoms with van der Waals surface area (Å²) < 4.78 is 0. The normalized spacial score (nSPS) is 22.8. The first-order valence-electron chi connectivity index (χ1n) is 8.63. The van der Waals surface area contributed by atoms with E-state index in [1.54, 1.807) is 0 Å². The van der Waals surface area contributed by atoms with Gasteiger partial charge in [0.1, 0.15) is 0 Å². The highest BCUT2D eigenvalue weighted by atomic mass is 16.2. The van der Waals surface area contributed by atoms with Crippen LogP contribution in [0, 0.1) is 13.8 Å². The van der Waals surface area contributed by atoms with Crippen molar-refractivity contribution in [2.45, 2.75) is 58.5 Å². The van der Waals surface area contributed by atoms with Crippen molar-refractivity contribution in [3.8, 4) is 0 Å². The molecule has 6 heteroatoms. The van der Waals surface area contributed by atoms with Gasteiger partial charge in [-0.05, 0) is 46.6 Å². The molecule has 1 unspecified atom stereocenters. The van der Waals surface area contributed by atoms with Gasteiger partial charge in [0.25, 0.3) is 11.8 Å². The molecule has 1 aromatic rings. The largest absolute Gasteiger partial charge is 0.349 e. The molecule has 0 aliphatic carbocycles. The van der Waals surface area contributed by atoms with Gasteiger partial charge in [0.2, 0.25) is 11.4 Å². The van der Waals surface area contributed by atoms with Gasteiger partial charge in [0.15, 0.2) is 0 Å². The number of hydrogen-bond donors (Lipinski definition) is 2. The molecular formula is C19H25N3O3. The van der Waals surface area contributed by atoms with E-state index in [1.807, 2.05) is 46.8 Å². The number of carbonyl (C=O) groups excluding carboxylic acids is 3. The average molecular weight is 343 g/mol. The molecule has 25 heavy (non-hydrogen) atoms. The minimum Gasteiger partial charge on any atom is -0.349 e. The summed E-state index contributed by atoms with van der Waals surface area (Å²) >= 11 is 0. The highest BCUT2D eigenvalue weighted by Gasteiger charge is 2.60. The lowest BCUT2D eigenvalue weighted by atomic mass is 9.85. The molecular weight excluding hydrogens is 318 g/mol. The van der Waals surface area contributed by atoms with Crippen molar-refractivity contribution in [2.75, 3.05) is 11.9 Å². The maximum atomic E-state index is 13.3. The first-order valence-corrected chi connectivity index (χ1v) is 8.63. The summed E-state index contributed by atoms with van der Waals surface area (Å²) in [4.78, 5) is 40.4. The molecule has 1 atom stereocenters. The Morgan fingerprint density at radius 3 is 2.48 bits per heavy atom. The number of rotatable bonds is 2. The van der Waals surface area contributed by atoms with Crippen LogP contribution in [-0.2, 0) is 19.9 Å². The Bertz CT molecular complexity index is 779. The minimum atomic E-state index is -1.63. The van der Waals surface area contributed by atoms with E-state index in [1.165, 1.54) is 4.90 Å². The first-order chi connectivity index (χ1) is 11.6. The number of carbonyl (C=O) groups is 3. The van der Waals surface area contributed by atoms with Crippen LogP contribution in [0.3, 0.4) is 0 Å². The fourth-order valence-corrected chi connectivity index (χ4v) is 3.79. The summed E-state index contributed by atoms with van der Waals surface area (Å²) in [6.07, 6.45) is 1.01. The molecule has 3 rings (SSSR count). The van der Waals surface area contributed by atoms with Crippen molar-refractivity contribution in [1.82, 2.24) is 10.2 Å². The molecule has 1 fully saturated rings. The summed E-state index contributed by atoms with van der Waals surface area (Å²) in [5.74, 6) is -1.06. The quantitative estimate of drug-likeness (QED) is 0.806. The summed E-state index contributed by atoms with van der Waals surface area (Å²) in [6, 6.07) is 3.80. The van der Waals surface area contributed by atoms with E-state index in [2.05, 4.69) is 10.6 Å². The van der Waals surface area contributed by atoms with Crippen LogP contribution in [0.25, 0.3) is 0 Å². The average Bonchev–Trinajstić information content (AvgIpc) is 2.99. The summed E-state index contributed by atoms with van der Waals surface area (Å²) in [6.45, 7) is 9.80. The van der Waals surface area contributed by atoms with E-state index in [0.29, 0.717) is 30.6 Å². The van der Waals surface area contributed by atoms with E-state index in [-0.39, 0.29) is 5.91 Å². The number of benzene rings is 1. The van der Waals surface area contributed by atoms with Crippen LogP contribution in [0.15, 0.2) is 12.1 Å². The molecule has 2 heterocycles. The Kier molecular flexibility index (Phi) is 3.89. The van der Waals surface area contributed by atoms with Gasteiger partial charge < -0.3 is 15.5 Å². The lowest BCUT2D eigenvalue weighted by Crippen LogP contribution is -2.63. The van der Waals surface area contributed by atoms with Gasteiger partial charge in [-0.1, -0.05) is 17.7 Å². The van der Waals surface area contributed by atoms with E-state index >= 15 is 0 Å². The van der Waals surface area contributed by atoms with Crippen LogP contribution >= 0.6 is 0 Å². The van der Waals surface area contributed by atoms with Crippen molar-refractivity contribution in [2.24, 2.45) is 0 Å². The zero-order valence-electron chi connectivity index (χ0n) is 15.4. The predicted molar refractivity (Wildman–Crippen MR) is 95.1 cm³/mol. The molecule has 3 amide bonds. The molecule has 0 aromatic heterocycles. The number of likely N-dealkylation sites (tertiary alicyclic amines) is 1. The molecule has 1 aromatic carbocycles. The SMILES string of the molecule is Cc1cc(C)c2c(c1)C(C(=O)NC(C)(C)C)(N1CCCC1=O)C(=O)N2. The first kappa shape index (κ1) is 17.5. The molecule has 2 aliphatic rings. The molecule has 0 spiro atoms. The van der Waals surface area contributed by atoms with Gasteiger partial charge in [0, 0.05) is 24.1 Å². The predicted octanol–water partition coefficient (Wildman–Crippen LogP) is 1.99. The number of nitrogens with one attached hydrogen (secondary N) is 2. The van der Waals surface area contributed by atoms with Crippen LogP contribution in [0.4, 0.5) is 5.69 Å². The number of fused-ring (bicyclic) bond motifs is 1. The second kappa shape index (κ2) is 5.58. The fourth-order valence-electron chi connectivity index (χ4n) is 3.79. The number of nitrogens with zero attached hydrogens (tertiary/aromatic N) is 1. The smallest absolute Gasteiger partial charge is 0.265 e. The maximum absolute atomic E-state index is 13.3. The van der Waals surface area contributed by atoms with Gasteiger partial charge in [-0.15, -0.1) is 0 Å². The topological polar surface area (TPSA) is 78.5 Å². The van der Waals surface area contributed by atoms with E-state index in [9.17, 15) is 14.4 Å². The van der Waals surface area contributed by atoms with Crippen LogP contribution in [0.5, 0.6) is 0 Å². The van der Waals surface area contributed by atoms with Crippen molar-refractivity contribution in [1.29, 1.82) is 0 Å². The summed E-state index contributed by atoms with van der Waals surface area (Å²) in [7, 11) is 0. The van der Waals surface area contributed by atoms with Gasteiger partial charge in [-0.2, -0.15) is 0 Å². The van der Waals surface area contributed by atoms with E-state index in [0.717, 1.165) is 11.1 Å². The lowest BCUT2D eigenvalue weighted by Gasteiger charge is -2.37. The molecule has 0 saturated carbocycles. The van der Waals surface area contributed by atoms with E-state index < -0.39 is 22.9 Å². The fraction of sp³-hybridized carbons (Fsp3) is 0.526. The highest BCUT2D eigenvalue weighted by molar-refractivity contribution is 6.22. The van der Waals surface area contributed by atoms with Gasteiger partial charge in [-0.25, -0.2) is 0 Å². The minimum absolute atomic E-state index is 0.161. The monoisotopic (exact) mass is 343 g/mol. The number of anilines is 1.